The Kier molecular flexibility index (Phi) is 5.48. The first-order chi connectivity index (χ1) is 14.2. The van der Waals surface area contributed by atoms with Gasteiger partial charge in [-0.25, -0.2) is 0 Å². The fourth-order valence-electron chi connectivity index (χ4n) is 2.64. The van der Waals surface area contributed by atoms with Crippen LogP contribution in [0.3, 0.4) is 0 Å². The average molecular weight is 410 g/mol. The first-order valence-corrected chi connectivity index (χ1v) is 9.67. The summed E-state index contributed by atoms with van der Waals surface area (Å²) in [6, 6.07) is 15.0. The van der Waals surface area contributed by atoms with Crippen LogP contribution in [0.5, 0.6) is 11.5 Å². The van der Waals surface area contributed by atoms with Crippen LogP contribution in [-0.2, 0) is 0 Å². The smallest absolute Gasteiger partial charge is 0.277 e. The highest BCUT2D eigenvalue weighted by atomic mass is 32.2. The fraction of sp³-hybridized carbons (Fsp3) is 0.200. The van der Waals surface area contributed by atoms with Crippen molar-refractivity contribution in [3.63, 3.8) is 0 Å². The zero-order valence-electron chi connectivity index (χ0n) is 16.0. The van der Waals surface area contributed by atoms with Crippen molar-refractivity contribution in [2.45, 2.75) is 17.4 Å². The normalized spacial score (nSPS) is 12.0. The van der Waals surface area contributed by atoms with Gasteiger partial charge in [-0.05, 0) is 37.3 Å². The van der Waals surface area contributed by atoms with Crippen molar-refractivity contribution in [2.24, 2.45) is 0 Å². The van der Waals surface area contributed by atoms with Crippen LogP contribution < -0.4 is 9.47 Å². The van der Waals surface area contributed by atoms with Crippen molar-refractivity contribution in [1.29, 1.82) is 0 Å². The first-order valence-electron chi connectivity index (χ1n) is 8.79. The summed E-state index contributed by atoms with van der Waals surface area (Å²) < 4.78 is 22.1. The van der Waals surface area contributed by atoms with Crippen LogP contribution in [0.1, 0.15) is 18.1 Å². The lowest BCUT2D eigenvalue weighted by molar-refractivity contribution is 0.355. The number of nitrogens with zero attached hydrogens (tertiary/aromatic N) is 4. The van der Waals surface area contributed by atoms with Gasteiger partial charge in [0.1, 0.15) is 0 Å². The molecule has 0 amide bonds. The number of hydrogen-bond acceptors (Lipinski definition) is 9. The van der Waals surface area contributed by atoms with Crippen LogP contribution in [-0.4, -0.2) is 34.6 Å². The van der Waals surface area contributed by atoms with E-state index in [1.807, 2.05) is 43.3 Å². The molecule has 0 bridgehead atoms. The van der Waals surface area contributed by atoms with E-state index in [0.717, 1.165) is 11.1 Å². The second-order valence-corrected chi connectivity index (χ2v) is 7.31. The van der Waals surface area contributed by atoms with Crippen molar-refractivity contribution < 1.29 is 18.3 Å². The molecule has 0 aliphatic carbocycles. The van der Waals surface area contributed by atoms with Crippen LogP contribution in [0, 0.1) is 0 Å². The van der Waals surface area contributed by atoms with E-state index in [9.17, 15) is 0 Å². The van der Waals surface area contributed by atoms with Gasteiger partial charge in [-0.2, -0.15) is 0 Å². The Labute approximate surface area is 171 Å². The van der Waals surface area contributed by atoms with Gasteiger partial charge < -0.3 is 18.3 Å². The number of rotatable bonds is 7. The molecule has 0 saturated heterocycles. The van der Waals surface area contributed by atoms with E-state index in [0.29, 0.717) is 34.4 Å². The third-order valence-electron chi connectivity index (χ3n) is 4.12. The number of hydrogen-bond donors (Lipinski definition) is 0. The molecule has 2 aromatic heterocycles. The summed E-state index contributed by atoms with van der Waals surface area (Å²) in [4.78, 5) is 0. The van der Waals surface area contributed by atoms with Crippen molar-refractivity contribution in [3.8, 4) is 34.4 Å². The number of aromatic nitrogens is 4. The molecule has 2 aromatic carbocycles. The molecule has 4 rings (SSSR count). The highest BCUT2D eigenvalue weighted by molar-refractivity contribution is 7.99. The molecule has 148 valence electrons. The molecule has 9 heteroatoms. The minimum absolute atomic E-state index is 0.154. The summed E-state index contributed by atoms with van der Waals surface area (Å²) in [5, 5.41) is 16.7. The van der Waals surface area contributed by atoms with E-state index < -0.39 is 0 Å². The number of thioether (sulfide) groups is 1. The fourth-order valence-corrected chi connectivity index (χ4v) is 3.35. The summed E-state index contributed by atoms with van der Waals surface area (Å²) in [6.45, 7) is 1.94. The molecule has 0 spiro atoms. The first kappa shape index (κ1) is 19.0. The van der Waals surface area contributed by atoms with Gasteiger partial charge in [0.05, 0.1) is 19.5 Å². The zero-order chi connectivity index (χ0) is 20.2. The molecule has 8 nitrogen and oxygen atoms in total. The molecule has 0 aliphatic heterocycles. The number of ether oxygens (including phenoxy) is 2. The summed E-state index contributed by atoms with van der Waals surface area (Å²) in [7, 11) is 3.16. The molecule has 0 radical (unpaired) electrons. The molecule has 0 N–H and O–H groups in total. The van der Waals surface area contributed by atoms with Crippen molar-refractivity contribution in [2.75, 3.05) is 14.2 Å². The Balaban J connectivity index is 1.49. The molecule has 0 saturated carbocycles. The van der Waals surface area contributed by atoms with Crippen molar-refractivity contribution >= 4 is 11.8 Å². The molecular weight excluding hydrogens is 392 g/mol. The van der Waals surface area contributed by atoms with Gasteiger partial charge in [0.25, 0.3) is 5.22 Å². The van der Waals surface area contributed by atoms with E-state index in [4.69, 9.17) is 18.3 Å². The predicted octanol–water partition coefficient (Wildman–Crippen LogP) is 4.66. The maximum atomic E-state index is 5.79. The Morgan fingerprint density at radius 3 is 2.28 bits per heavy atom. The number of benzene rings is 2. The maximum absolute atomic E-state index is 5.79. The lowest BCUT2D eigenvalue weighted by Crippen LogP contribution is -1.90. The van der Waals surface area contributed by atoms with Gasteiger partial charge in [0.2, 0.25) is 17.7 Å². The minimum atomic E-state index is -0.154. The molecule has 1 atom stereocenters. The highest BCUT2D eigenvalue weighted by Gasteiger charge is 2.20. The molecule has 29 heavy (non-hydrogen) atoms. The molecule has 0 fully saturated rings. The van der Waals surface area contributed by atoms with Gasteiger partial charge in [0, 0.05) is 11.1 Å². The van der Waals surface area contributed by atoms with Gasteiger partial charge in [0.15, 0.2) is 11.5 Å². The monoisotopic (exact) mass is 410 g/mol. The summed E-state index contributed by atoms with van der Waals surface area (Å²) in [5.41, 5.74) is 1.61. The van der Waals surface area contributed by atoms with Gasteiger partial charge in [-0.3, -0.25) is 0 Å². The van der Waals surface area contributed by atoms with Gasteiger partial charge in [-0.1, -0.05) is 30.0 Å². The minimum Gasteiger partial charge on any atom is -0.493 e. The van der Waals surface area contributed by atoms with E-state index in [2.05, 4.69) is 20.4 Å². The van der Waals surface area contributed by atoms with Crippen molar-refractivity contribution in [3.05, 3.63) is 54.4 Å². The second-order valence-electron chi connectivity index (χ2n) is 6.01. The lowest BCUT2D eigenvalue weighted by atomic mass is 10.2. The Morgan fingerprint density at radius 1 is 0.793 bits per heavy atom. The standard InChI is InChI=1S/C20H18N4O4S/c1-12(17-21-22-18(27-17)13-7-5-4-6-8-13)29-20-24-23-19(28-20)14-9-10-15(25-2)16(11-14)26-3/h4-12H,1-3H3/t12-/m0/s1. The van der Waals surface area contributed by atoms with E-state index in [-0.39, 0.29) is 5.25 Å². The number of methoxy groups -OCH3 is 2. The summed E-state index contributed by atoms with van der Waals surface area (Å²) in [5.74, 6) is 2.56. The van der Waals surface area contributed by atoms with Gasteiger partial charge in [-0.15, -0.1) is 20.4 Å². The third kappa shape index (κ3) is 4.09. The highest BCUT2D eigenvalue weighted by Crippen LogP contribution is 2.37. The van der Waals surface area contributed by atoms with Crippen LogP contribution in [0.15, 0.2) is 62.6 Å². The summed E-state index contributed by atoms with van der Waals surface area (Å²) in [6.07, 6.45) is 0. The van der Waals surface area contributed by atoms with Crippen LogP contribution in [0.2, 0.25) is 0 Å². The Hall–Kier alpha value is -3.33. The van der Waals surface area contributed by atoms with Crippen LogP contribution in [0.25, 0.3) is 22.9 Å². The van der Waals surface area contributed by atoms with E-state index in [1.165, 1.54) is 11.8 Å². The molecule has 0 unspecified atom stereocenters. The topological polar surface area (TPSA) is 96.3 Å². The Morgan fingerprint density at radius 2 is 1.52 bits per heavy atom. The predicted molar refractivity (Wildman–Crippen MR) is 107 cm³/mol. The van der Waals surface area contributed by atoms with E-state index >= 15 is 0 Å². The quantitative estimate of drug-likeness (QED) is 0.403. The SMILES string of the molecule is COc1ccc(-c2nnc(S[C@@H](C)c3nnc(-c4ccccc4)o3)o2)cc1OC. The van der Waals surface area contributed by atoms with Gasteiger partial charge >= 0.3 is 0 Å². The lowest BCUT2D eigenvalue weighted by Gasteiger charge is -2.07. The third-order valence-corrected chi connectivity index (χ3v) is 5.05. The molecular formula is C20H18N4O4S. The second kappa shape index (κ2) is 8.36. The van der Waals surface area contributed by atoms with Crippen LogP contribution in [0.4, 0.5) is 0 Å². The zero-order valence-corrected chi connectivity index (χ0v) is 16.8. The molecule has 0 aliphatic rings. The molecule has 2 heterocycles. The van der Waals surface area contributed by atoms with E-state index in [1.54, 1.807) is 26.4 Å². The van der Waals surface area contributed by atoms with Crippen LogP contribution >= 0.6 is 11.8 Å². The maximum Gasteiger partial charge on any atom is 0.277 e. The Bertz CT molecular complexity index is 1100. The summed E-state index contributed by atoms with van der Waals surface area (Å²) >= 11 is 1.35. The largest absolute Gasteiger partial charge is 0.493 e. The average Bonchev–Trinajstić information content (AvgIpc) is 3.44. The molecule has 4 aromatic rings. The van der Waals surface area contributed by atoms with Crippen molar-refractivity contribution in [1.82, 2.24) is 20.4 Å².